The average molecular weight is 379 g/mol. The third kappa shape index (κ3) is 5.31. The number of hydrogen-bond acceptors (Lipinski definition) is 3. The molecule has 1 amide bonds. The lowest BCUT2D eigenvalue weighted by Gasteiger charge is -2.28. The van der Waals surface area contributed by atoms with E-state index in [1.54, 1.807) is 18.1 Å². The second-order valence-corrected chi connectivity index (χ2v) is 6.43. The van der Waals surface area contributed by atoms with Gasteiger partial charge in [0.05, 0.1) is 6.61 Å². The standard InChI is InChI=1S/C17H24ClFN2O2.ClH/c1-23-8-7-21(11-13-5-6-14(19)9-16(13)18)17(22)15-4-2-3-12(15)10-20;/h5-6,9,12,15H,2-4,7-8,10-11,20H2,1H3;1H/t12-,15-;/m1./s1. The maximum absolute atomic E-state index is 13.2. The molecule has 2 rings (SSSR count). The van der Waals surface area contributed by atoms with Crippen LogP contribution in [0.3, 0.4) is 0 Å². The molecule has 7 heteroatoms. The molecule has 1 aromatic carbocycles. The van der Waals surface area contributed by atoms with Gasteiger partial charge in [-0.25, -0.2) is 4.39 Å². The van der Waals surface area contributed by atoms with Crippen LogP contribution in [0.5, 0.6) is 0 Å². The highest BCUT2D eigenvalue weighted by atomic mass is 35.5. The van der Waals surface area contributed by atoms with Crippen molar-refractivity contribution >= 4 is 29.9 Å². The molecule has 2 N–H and O–H groups in total. The highest BCUT2D eigenvalue weighted by Gasteiger charge is 2.34. The lowest BCUT2D eigenvalue weighted by atomic mass is 9.94. The van der Waals surface area contributed by atoms with Crippen molar-refractivity contribution in [3.63, 3.8) is 0 Å². The minimum atomic E-state index is -0.382. The van der Waals surface area contributed by atoms with E-state index in [-0.39, 0.29) is 36.0 Å². The SMILES string of the molecule is COCCN(Cc1ccc(F)cc1Cl)C(=O)[C@@H]1CCC[C@@H]1CN.Cl. The summed E-state index contributed by atoms with van der Waals surface area (Å²) in [6, 6.07) is 4.26. The van der Waals surface area contributed by atoms with Crippen molar-refractivity contribution in [2.24, 2.45) is 17.6 Å². The second-order valence-electron chi connectivity index (χ2n) is 6.02. The van der Waals surface area contributed by atoms with Crippen molar-refractivity contribution in [3.8, 4) is 0 Å². The summed E-state index contributed by atoms with van der Waals surface area (Å²) < 4.78 is 18.3. The summed E-state index contributed by atoms with van der Waals surface area (Å²) in [6.45, 7) is 1.82. The van der Waals surface area contributed by atoms with Crippen LogP contribution in [0.15, 0.2) is 18.2 Å². The predicted molar refractivity (Wildman–Crippen MR) is 95.8 cm³/mol. The van der Waals surface area contributed by atoms with E-state index < -0.39 is 0 Å². The third-order valence-electron chi connectivity index (χ3n) is 4.53. The number of hydrogen-bond donors (Lipinski definition) is 1. The van der Waals surface area contributed by atoms with Crippen molar-refractivity contribution in [1.82, 2.24) is 4.90 Å². The zero-order valence-corrected chi connectivity index (χ0v) is 15.4. The fourth-order valence-electron chi connectivity index (χ4n) is 3.20. The van der Waals surface area contributed by atoms with E-state index in [4.69, 9.17) is 22.1 Å². The molecule has 0 radical (unpaired) electrons. The lowest BCUT2D eigenvalue weighted by Crippen LogP contribution is -2.40. The largest absolute Gasteiger partial charge is 0.383 e. The summed E-state index contributed by atoms with van der Waals surface area (Å²) in [5.74, 6) is -0.0739. The van der Waals surface area contributed by atoms with Gasteiger partial charge in [-0.05, 0) is 43.0 Å². The Hall–Kier alpha value is -0.880. The zero-order chi connectivity index (χ0) is 16.8. The summed E-state index contributed by atoms with van der Waals surface area (Å²) in [7, 11) is 1.60. The number of benzene rings is 1. The maximum Gasteiger partial charge on any atom is 0.226 e. The maximum atomic E-state index is 13.2. The topological polar surface area (TPSA) is 55.6 Å². The first-order valence-corrected chi connectivity index (χ1v) is 8.36. The number of nitrogens with zero attached hydrogens (tertiary/aromatic N) is 1. The highest BCUT2D eigenvalue weighted by molar-refractivity contribution is 6.31. The van der Waals surface area contributed by atoms with E-state index in [0.29, 0.717) is 31.3 Å². The van der Waals surface area contributed by atoms with Crippen molar-refractivity contribution in [2.75, 3.05) is 26.8 Å². The molecule has 0 aliphatic heterocycles. The lowest BCUT2D eigenvalue weighted by molar-refractivity contribution is -0.137. The van der Waals surface area contributed by atoms with Crippen LogP contribution in [-0.2, 0) is 16.1 Å². The monoisotopic (exact) mass is 378 g/mol. The molecule has 0 unspecified atom stereocenters. The van der Waals surface area contributed by atoms with Crippen LogP contribution >= 0.6 is 24.0 Å². The predicted octanol–water partition coefficient (Wildman–Crippen LogP) is 3.25. The molecular formula is C17H25Cl2FN2O2. The van der Waals surface area contributed by atoms with Gasteiger partial charge in [-0.1, -0.05) is 24.1 Å². The van der Waals surface area contributed by atoms with E-state index in [0.717, 1.165) is 24.8 Å². The minimum Gasteiger partial charge on any atom is -0.383 e. The number of halogens is 3. The molecule has 1 aliphatic carbocycles. The van der Waals surface area contributed by atoms with Crippen molar-refractivity contribution in [1.29, 1.82) is 0 Å². The Bertz CT molecular complexity index is 545. The van der Waals surface area contributed by atoms with E-state index in [1.807, 2.05) is 0 Å². The van der Waals surface area contributed by atoms with Crippen LogP contribution in [0.2, 0.25) is 5.02 Å². The van der Waals surface area contributed by atoms with Gasteiger partial charge in [0, 0.05) is 31.1 Å². The quantitative estimate of drug-likeness (QED) is 0.791. The number of ether oxygens (including phenoxy) is 1. The van der Waals surface area contributed by atoms with E-state index in [2.05, 4.69) is 0 Å². The van der Waals surface area contributed by atoms with Crippen molar-refractivity contribution in [2.45, 2.75) is 25.8 Å². The van der Waals surface area contributed by atoms with Crippen LogP contribution < -0.4 is 5.73 Å². The second kappa shape index (κ2) is 10.2. The Morgan fingerprint density at radius 2 is 2.21 bits per heavy atom. The molecule has 0 saturated heterocycles. The first kappa shape index (κ1) is 21.2. The molecule has 24 heavy (non-hydrogen) atoms. The van der Waals surface area contributed by atoms with E-state index >= 15 is 0 Å². The molecule has 0 bridgehead atoms. The fourth-order valence-corrected chi connectivity index (χ4v) is 3.43. The third-order valence-corrected chi connectivity index (χ3v) is 4.88. The Morgan fingerprint density at radius 1 is 1.46 bits per heavy atom. The normalized spacial score (nSPS) is 19.8. The first-order chi connectivity index (χ1) is 11.1. The average Bonchev–Trinajstić information content (AvgIpc) is 3.01. The molecule has 0 heterocycles. The van der Waals surface area contributed by atoms with E-state index in [9.17, 15) is 9.18 Å². The molecule has 4 nitrogen and oxygen atoms in total. The minimum absolute atomic E-state index is 0. The van der Waals surface area contributed by atoms with Gasteiger partial charge in [-0.3, -0.25) is 4.79 Å². The summed E-state index contributed by atoms with van der Waals surface area (Å²) >= 11 is 6.10. The molecule has 1 aliphatic rings. The Kier molecular flexibility index (Phi) is 8.98. The molecule has 0 aromatic heterocycles. The molecule has 136 valence electrons. The molecule has 2 atom stereocenters. The molecule has 1 fully saturated rings. The Labute approximate surface area is 153 Å². The van der Waals surface area contributed by atoms with Gasteiger partial charge in [0.2, 0.25) is 5.91 Å². The number of carbonyl (C=O) groups excluding carboxylic acids is 1. The number of nitrogens with two attached hydrogens (primary N) is 1. The molecule has 1 saturated carbocycles. The van der Waals surface area contributed by atoms with Crippen molar-refractivity contribution in [3.05, 3.63) is 34.6 Å². The van der Waals surface area contributed by atoms with Gasteiger partial charge in [0.15, 0.2) is 0 Å². The van der Waals surface area contributed by atoms with E-state index in [1.165, 1.54) is 12.1 Å². The first-order valence-electron chi connectivity index (χ1n) is 7.98. The van der Waals surface area contributed by atoms with Crippen LogP contribution in [0.25, 0.3) is 0 Å². The van der Waals surface area contributed by atoms with Crippen LogP contribution in [0, 0.1) is 17.7 Å². The van der Waals surface area contributed by atoms with Gasteiger partial charge in [-0.2, -0.15) is 0 Å². The van der Waals surface area contributed by atoms with Crippen LogP contribution in [0.4, 0.5) is 4.39 Å². The summed E-state index contributed by atoms with van der Waals surface area (Å²) in [4.78, 5) is 14.7. The molecule has 1 aromatic rings. The van der Waals surface area contributed by atoms with Crippen LogP contribution in [0.1, 0.15) is 24.8 Å². The zero-order valence-electron chi connectivity index (χ0n) is 13.8. The number of amides is 1. The Morgan fingerprint density at radius 3 is 2.83 bits per heavy atom. The number of carbonyl (C=O) groups is 1. The van der Waals surface area contributed by atoms with Gasteiger partial charge in [0.1, 0.15) is 5.82 Å². The van der Waals surface area contributed by atoms with Crippen molar-refractivity contribution < 1.29 is 13.9 Å². The van der Waals surface area contributed by atoms with Gasteiger partial charge in [-0.15, -0.1) is 12.4 Å². The fraction of sp³-hybridized carbons (Fsp3) is 0.588. The summed E-state index contributed by atoms with van der Waals surface area (Å²) in [6.07, 6.45) is 2.91. The Balaban J connectivity index is 0.00000288. The molecular weight excluding hydrogens is 354 g/mol. The summed E-state index contributed by atoms with van der Waals surface area (Å²) in [5, 5.41) is 0.335. The van der Waals surface area contributed by atoms with Gasteiger partial charge in [0.25, 0.3) is 0 Å². The highest BCUT2D eigenvalue weighted by Crippen LogP contribution is 2.33. The smallest absolute Gasteiger partial charge is 0.226 e. The van der Waals surface area contributed by atoms with Gasteiger partial charge >= 0.3 is 0 Å². The number of rotatable bonds is 7. The van der Waals surface area contributed by atoms with Gasteiger partial charge < -0.3 is 15.4 Å². The summed E-state index contributed by atoms with van der Waals surface area (Å²) in [5.41, 5.74) is 6.53. The number of methoxy groups -OCH3 is 1. The molecule has 0 spiro atoms. The van der Waals surface area contributed by atoms with Crippen LogP contribution in [-0.4, -0.2) is 37.6 Å².